The minimum absolute atomic E-state index is 0.175. The van der Waals surface area contributed by atoms with Gasteiger partial charge in [-0.05, 0) is 77.5 Å². The molecule has 2 N–H and O–H groups in total. The fourth-order valence-electron chi connectivity index (χ4n) is 4.75. The Morgan fingerprint density at radius 1 is 0.949 bits per heavy atom. The van der Waals surface area contributed by atoms with Gasteiger partial charge < -0.3 is 20.3 Å². The van der Waals surface area contributed by atoms with Crippen LogP contribution in [0, 0.1) is 33.6 Å². The number of rotatable bonds is 10. The number of nitrogens with zero attached hydrogens (tertiary/aromatic N) is 1. The van der Waals surface area contributed by atoms with Crippen molar-refractivity contribution in [1.82, 2.24) is 10.2 Å². The Hall–Kier alpha value is -3.35. The third-order valence-electron chi connectivity index (χ3n) is 6.75. The van der Waals surface area contributed by atoms with Gasteiger partial charge in [0, 0.05) is 12.2 Å². The molecule has 0 radical (unpaired) electrons. The molecule has 0 spiro atoms. The normalized spacial score (nSPS) is 13.7. The van der Waals surface area contributed by atoms with Crippen molar-refractivity contribution in [2.24, 2.45) is 5.92 Å². The van der Waals surface area contributed by atoms with Gasteiger partial charge in [0.15, 0.2) is 0 Å². The second kappa shape index (κ2) is 13.6. The number of carbonyl (C=O) groups excluding carboxylic acids is 3. The lowest BCUT2D eigenvalue weighted by molar-refractivity contribution is -0.141. The van der Waals surface area contributed by atoms with Crippen LogP contribution >= 0.6 is 0 Å². The molecule has 0 aliphatic heterocycles. The summed E-state index contributed by atoms with van der Waals surface area (Å²) in [5.74, 6) is -0.775. The van der Waals surface area contributed by atoms with Crippen molar-refractivity contribution in [3.63, 3.8) is 0 Å². The molecule has 214 valence electrons. The van der Waals surface area contributed by atoms with Gasteiger partial charge in [-0.15, -0.1) is 0 Å². The highest BCUT2D eigenvalue weighted by molar-refractivity contribution is 6.00. The van der Waals surface area contributed by atoms with Crippen molar-refractivity contribution >= 4 is 23.6 Å². The zero-order valence-electron chi connectivity index (χ0n) is 25.4. The zero-order chi connectivity index (χ0) is 29.5. The molecule has 3 atom stereocenters. The van der Waals surface area contributed by atoms with E-state index in [2.05, 4.69) is 10.6 Å². The maximum absolute atomic E-state index is 14.3. The van der Waals surface area contributed by atoms with Gasteiger partial charge in [-0.1, -0.05) is 74.7 Å². The van der Waals surface area contributed by atoms with Gasteiger partial charge in [-0.3, -0.25) is 9.59 Å². The number of alkyl carbamates (subject to hydrolysis) is 1. The van der Waals surface area contributed by atoms with Crippen LogP contribution < -0.4 is 10.6 Å². The molecule has 2 aromatic rings. The largest absolute Gasteiger partial charge is 0.444 e. The molecule has 0 saturated heterocycles. The van der Waals surface area contributed by atoms with E-state index >= 15 is 0 Å². The van der Waals surface area contributed by atoms with Crippen molar-refractivity contribution in [3.8, 4) is 0 Å². The van der Waals surface area contributed by atoms with E-state index in [9.17, 15) is 14.4 Å². The molecule has 0 aliphatic carbocycles. The topological polar surface area (TPSA) is 87.7 Å². The Kier molecular flexibility index (Phi) is 11.1. The first kappa shape index (κ1) is 31.9. The number of amides is 3. The second-order valence-electron chi connectivity index (χ2n) is 11.6. The van der Waals surface area contributed by atoms with Crippen LogP contribution in [0.3, 0.4) is 0 Å². The Morgan fingerprint density at radius 2 is 1.51 bits per heavy atom. The highest BCUT2D eigenvalue weighted by Crippen LogP contribution is 2.29. The number of hydrogen-bond acceptors (Lipinski definition) is 4. The third kappa shape index (κ3) is 8.84. The molecule has 3 amide bonds. The predicted octanol–water partition coefficient (Wildman–Crippen LogP) is 6.78. The van der Waals surface area contributed by atoms with Crippen LogP contribution in [-0.2, 0) is 14.3 Å². The van der Waals surface area contributed by atoms with E-state index in [1.807, 2.05) is 84.9 Å². The first-order chi connectivity index (χ1) is 18.2. The number of aryl methyl sites for hydroxylation is 4. The highest BCUT2D eigenvalue weighted by atomic mass is 16.6. The van der Waals surface area contributed by atoms with Gasteiger partial charge in [0.25, 0.3) is 5.91 Å². The summed E-state index contributed by atoms with van der Waals surface area (Å²) < 4.78 is 5.48. The van der Waals surface area contributed by atoms with Crippen LogP contribution in [0.4, 0.5) is 10.5 Å². The van der Waals surface area contributed by atoms with E-state index < -0.39 is 23.8 Å². The van der Waals surface area contributed by atoms with Gasteiger partial charge in [0.05, 0.1) is 0 Å². The van der Waals surface area contributed by atoms with E-state index in [1.54, 1.807) is 25.7 Å². The predicted molar refractivity (Wildman–Crippen MR) is 158 cm³/mol. The Balaban J connectivity index is 2.61. The van der Waals surface area contributed by atoms with Crippen LogP contribution in [0.5, 0.6) is 0 Å². The molecular weight excluding hydrogens is 490 g/mol. The molecule has 0 saturated carbocycles. The number of anilines is 1. The summed E-state index contributed by atoms with van der Waals surface area (Å²) >= 11 is 0. The molecule has 0 aromatic heterocycles. The smallest absolute Gasteiger partial charge is 0.408 e. The van der Waals surface area contributed by atoms with Crippen LogP contribution in [0.25, 0.3) is 0 Å². The molecule has 7 heteroatoms. The van der Waals surface area contributed by atoms with E-state index in [0.29, 0.717) is 19.4 Å². The summed E-state index contributed by atoms with van der Waals surface area (Å²) in [5, 5.41) is 5.93. The number of hydrogen-bond donors (Lipinski definition) is 2. The fraction of sp³-hybridized carbons (Fsp3) is 0.531. The van der Waals surface area contributed by atoms with Gasteiger partial charge in [0.2, 0.25) is 5.91 Å². The van der Waals surface area contributed by atoms with Crippen molar-refractivity contribution < 1.29 is 19.1 Å². The lowest BCUT2D eigenvalue weighted by Crippen LogP contribution is -2.55. The number of carbonyl (C=O) groups is 3. The van der Waals surface area contributed by atoms with E-state index in [4.69, 9.17) is 4.74 Å². The molecular formula is C32H47N3O4. The van der Waals surface area contributed by atoms with E-state index in [0.717, 1.165) is 33.5 Å². The minimum atomic E-state index is -0.887. The third-order valence-corrected chi connectivity index (χ3v) is 6.75. The molecule has 0 bridgehead atoms. The molecule has 2 rings (SSSR count). The Morgan fingerprint density at radius 3 is 2.00 bits per heavy atom. The SMILES string of the molecule is CCCN(C(=O)C(NC(=O)OC(C)(C)C)C(C)CC)C(C(=O)Nc1c(C)cccc1C)c1cc(C)cc(C)c1. The second-order valence-corrected chi connectivity index (χ2v) is 11.6. The lowest BCUT2D eigenvalue weighted by Gasteiger charge is -2.36. The average molecular weight is 538 g/mol. The molecule has 0 fully saturated rings. The maximum atomic E-state index is 14.3. The van der Waals surface area contributed by atoms with Crippen LogP contribution in [0.1, 0.15) is 88.2 Å². The number of nitrogens with one attached hydrogen (secondary N) is 2. The van der Waals surface area contributed by atoms with Crippen molar-refractivity contribution in [2.75, 3.05) is 11.9 Å². The van der Waals surface area contributed by atoms with Gasteiger partial charge in [-0.2, -0.15) is 0 Å². The lowest BCUT2D eigenvalue weighted by atomic mass is 9.94. The Bertz CT molecular complexity index is 1130. The first-order valence-corrected chi connectivity index (χ1v) is 13.9. The molecule has 0 aliphatic rings. The van der Waals surface area contributed by atoms with Crippen LogP contribution in [-0.4, -0.2) is 41.0 Å². The number of benzene rings is 2. The summed E-state index contributed by atoms with van der Waals surface area (Å²) in [6.07, 6.45) is 0.652. The Labute approximate surface area is 234 Å². The summed E-state index contributed by atoms with van der Waals surface area (Å²) in [7, 11) is 0. The summed E-state index contributed by atoms with van der Waals surface area (Å²) in [6.45, 7) is 19.4. The summed E-state index contributed by atoms with van der Waals surface area (Å²) in [6, 6.07) is 10.1. The zero-order valence-corrected chi connectivity index (χ0v) is 25.4. The summed E-state index contributed by atoms with van der Waals surface area (Å²) in [5.41, 5.74) is 4.67. The first-order valence-electron chi connectivity index (χ1n) is 13.9. The molecule has 3 unspecified atom stereocenters. The van der Waals surface area contributed by atoms with Gasteiger partial charge >= 0.3 is 6.09 Å². The van der Waals surface area contributed by atoms with Gasteiger partial charge in [-0.25, -0.2) is 4.79 Å². The molecule has 0 heterocycles. The van der Waals surface area contributed by atoms with Crippen LogP contribution in [0.2, 0.25) is 0 Å². The molecule has 2 aromatic carbocycles. The average Bonchev–Trinajstić information content (AvgIpc) is 2.82. The van der Waals surface area contributed by atoms with Crippen molar-refractivity contribution in [1.29, 1.82) is 0 Å². The van der Waals surface area contributed by atoms with E-state index in [-0.39, 0.29) is 17.7 Å². The molecule has 7 nitrogen and oxygen atoms in total. The molecule has 39 heavy (non-hydrogen) atoms. The monoisotopic (exact) mass is 537 g/mol. The highest BCUT2D eigenvalue weighted by Gasteiger charge is 2.38. The number of ether oxygens (including phenoxy) is 1. The van der Waals surface area contributed by atoms with E-state index in [1.165, 1.54) is 0 Å². The fourth-order valence-corrected chi connectivity index (χ4v) is 4.75. The van der Waals surface area contributed by atoms with Crippen molar-refractivity contribution in [3.05, 3.63) is 64.2 Å². The van der Waals surface area contributed by atoms with Crippen molar-refractivity contribution in [2.45, 2.75) is 99.8 Å². The quantitative estimate of drug-likeness (QED) is 0.350. The van der Waals surface area contributed by atoms with Crippen LogP contribution in [0.15, 0.2) is 36.4 Å². The maximum Gasteiger partial charge on any atom is 0.408 e. The number of para-hydroxylation sites is 1. The standard InChI is InChI=1S/C32H47N3O4/c1-11-16-35(30(37)27(22(5)12-2)34-31(38)39-32(8,9)10)28(25-18-20(3)17-21(4)19-25)29(36)33-26-23(6)14-13-15-24(26)7/h13-15,17-19,22,27-28H,11-12,16H2,1-10H3,(H,33,36)(H,34,38). The minimum Gasteiger partial charge on any atom is -0.444 e. The summed E-state index contributed by atoms with van der Waals surface area (Å²) in [4.78, 5) is 42.8. The van der Waals surface area contributed by atoms with Gasteiger partial charge in [0.1, 0.15) is 17.7 Å².